The zero-order valence-corrected chi connectivity index (χ0v) is 11.8. The Morgan fingerprint density at radius 3 is 2.32 bits per heavy atom. The van der Waals surface area contributed by atoms with Crippen molar-refractivity contribution < 1.29 is 9.21 Å². The van der Waals surface area contributed by atoms with E-state index in [1.54, 1.807) is 37.3 Å². The Hall–Kier alpha value is -3.37. The first-order valence-electron chi connectivity index (χ1n) is 6.62. The molecule has 104 valence electrons. The van der Waals surface area contributed by atoms with Crippen molar-refractivity contribution >= 4 is 16.8 Å². The molecule has 0 saturated heterocycles. The van der Waals surface area contributed by atoms with Crippen LogP contribution in [0.1, 0.15) is 32.8 Å². The average molecular weight is 286 g/mol. The van der Waals surface area contributed by atoms with Crippen molar-refractivity contribution in [3.63, 3.8) is 0 Å². The summed E-state index contributed by atoms with van der Waals surface area (Å²) in [5, 5.41) is 18.8. The smallest absolute Gasteiger partial charge is 0.197 e. The van der Waals surface area contributed by atoms with Crippen LogP contribution in [0.5, 0.6) is 0 Å². The van der Waals surface area contributed by atoms with Crippen molar-refractivity contribution in [1.82, 2.24) is 0 Å². The van der Waals surface area contributed by atoms with Gasteiger partial charge in [-0.05, 0) is 13.0 Å². The van der Waals surface area contributed by atoms with E-state index in [4.69, 9.17) is 14.9 Å². The zero-order chi connectivity index (χ0) is 15.7. The van der Waals surface area contributed by atoms with Gasteiger partial charge in [0, 0.05) is 17.0 Å². The summed E-state index contributed by atoms with van der Waals surface area (Å²) in [6.45, 7) is 1.70. The lowest BCUT2D eigenvalue weighted by molar-refractivity contribution is 0.103. The van der Waals surface area contributed by atoms with Gasteiger partial charge in [0.1, 0.15) is 23.5 Å². The second-order valence-electron chi connectivity index (χ2n) is 4.85. The molecule has 0 unspecified atom stereocenters. The Labute approximate surface area is 126 Å². The van der Waals surface area contributed by atoms with E-state index in [0.717, 1.165) is 0 Å². The molecule has 4 heteroatoms. The van der Waals surface area contributed by atoms with Crippen LogP contribution in [0, 0.1) is 29.6 Å². The topological polar surface area (TPSA) is 77.8 Å². The maximum atomic E-state index is 12.7. The van der Waals surface area contributed by atoms with Gasteiger partial charge in [-0.15, -0.1) is 0 Å². The molecular weight excluding hydrogens is 276 g/mol. The summed E-state index contributed by atoms with van der Waals surface area (Å²) in [5.41, 5.74) is 1.89. The molecule has 0 atom stereocenters. The van der Waals surface area contributed by atoms with E-state index >= 15 is 0 Å². The molecule has 0 aliphatic heterocycles. The summed E-state index contributed by atoms with van der Waals surface area (Å²) in [7, 11) is 0. The van der Waals surface area contributed by atoms with Gasteiger partial charge >= 0.3 is 0 Å². The first-order valence-corrected chi connectivity index (χ1v) is 6.62. The fourth-order valence-electron chi connectivity index (χ4n) is 2.47. The van der Waals surface area contributed by atoms with Gasteiger partial charge < -0.3 is 4.42 Å². The van der Waals surface area contributed by atoms with Crippen LogP contribution in [0.2, 0.25) is 0 Å². The van der Waals surface area contributed by atoms with E-state index < -0.39 is 0 Å². The number of nitriles is 2. The number of hydrogen-bond donors (Lipinski definition) is 0. The first kappa shape index (κ1) is 13.6. The molecule has 4 nitrogen and oxygen atoms in total. The van der Waals surface area contributed by atoms with E-state index in [1.807, 2.05) is 18.2 Å². The second kappa shape index (κ2) is 5.20. The van der Waals surface area contributed by atoms with Crippen molar-refractivity contribution in [3.05, 3.63) is 70.5 Å². The van der Waals surface area contributed by atoms with Crippen LogP contribution in [0.4, 0.5) is 0 Å². The molecule has 0 bridgehead atoms. The van der Waals surface area contributed by atoms with Crippen molar-refractivity contribution in [2.75, 3.05) is 0 Å². The van der Waals surface area contributed by atoms with Crippen LogP contribution in [0.3, 0.4) is 0 Å². The molecule has 3 aromatic rings. The highest BCUT2D eigenvalue weighted by Gasteiger charge is 2.21. The van der Waals surface area contributed by atoms with Gasteiger partial charge in [-0.3, -0.25) is 4.79 Å². The molecule has 0 aliphatic rings. The Morgan fingerprint density at radius 2 is 1.68 bits per heavy atom. The summed E-state index contributed by atoms with van der Waals surface area (Å²) >= 11 is 0. The quantitative estimate of drug-likeness (QED) is 0.673. The van der Waals surface area contributed by atoms with Crippen molar-refractivity contribution in [1.29, 1.82) is 10.5 Å². The summed E-state index contributed by atoms with van der Waals surface area (Å²) in [4.78, 5) is 12.7. The second-order valence-corrected chi connectivity index (χ2v) is 4.85. The molecule has 0 N–H and O–H groups in total. The number of carbonyl (C=O) groups excluding carboxylic acids is 1. The first-order chi connectivity index (χ1) is 10.7. The largest absolute Gasteiger partial charge is 0.461 e. The van der Waals surface area contributed by atoms with E-state index in [-0.39, 0.29) is 16.9 Å². The van der Waals surface area contributed by atoms with E-state index in [0.29, 0.717) is 27.9 Å². The van der Waals surface area contributed by atoms with Gasteiger partial charge in [0.2, 0.25) is 0 Å². The SMILES string of the molecule is Cc1oc2cc(C#N)c(C#N)cc2c1C(=O)c1ccccc1. The highest BCUT2D eigenvalue weighted by Crippen LogP contribution is 2.30. The minimum Gasteiger partial charge on any atom is -0.461 e. The molecule has 1 aromatic heterocycles. The van der Waals surface area contributed by atoms with Crippen LogP contribution in [0.25, 0.3) is 11.0 Å². The third kappa shape index (κ3) is 2.04. The van der Waals surface area contributed by atoms with Gasteiger partial charge in [-0.1, -0.05) is 30.3 Å². The monoisotopic (exact) mass is 286 g/mol. The molecule has 1 heterocycles. The van der Waals surface area contributed by atoms with Crippen LogP contribution in [-0.4, -0.2) is 5.78 Å². The van der Waals surface area contributed by atoms with Gasteiger partial charge in [-0.2, -0.15) is 10.5 Å². The molecule has 0 saturated carbocycles. The van der Waals surface area contributed by atoms with Crippen molar-refractivity contribution in [3.8, 4) is 12.1 Å². The normalized spacial score (nSPS) is 10.1. The number of hydrogen-bond acceptors (Lipinski definition) is 4. The number of benzene rings is 2. The molecule has 0 fully saturated rings. The van der Waals surface area contributed by atoms with Gasteiger partial charge in [-0.25, -0.2) is 0 Å². The Balaban J connectivity index is 2.27. The van der Waals surface area contributed by atoms with Crippen LogP contribution in [-0.2, 0) is 0 Å². The molecular formula is C18H10N2O2. The summed E-state index contributed by atoms with van der Waals surface area (Å²) in [6, 6.07) is 15.9. The number of carbonyl (C=O) groups is 1. The summed E-state index contributed by atoms with van der Waals surface area (Å²) in [6.07, 6.45) is 0. The van der Waals surface area contributed by atoms with E-state index in [2.05, 4.69) is 0 Å². The third-order valence-corrected chi connectivity index (χ3v) is 3.51. The fraction of sp³-hybridized carbons (Fsp3) is 0.0556. The Kier molecular flexibility index (Phi) is 3.21. The summed E-state index contributed by atoms with van der Waals surface area (Å²) in [5.74, 6) is 0.313. The molecule has 2 aromatic carbocycles. The number of rotatable bonds is 2. The Bertz CT molecular complexity index is 970. The highest BCUT2D eigenvalue weighted by atomic mass is 16.3. The maximum Gasteiger partial charge on any atom is 0.197 e. The maximum absolute atomic E-state index is 12.7. The molecule has 0 aliphatic carbocycles. The average Bonchev–Trinajstić information content (AvgIpc) is 2.88. The zero-order valence-electron chi connectivity index (χ0n) is 11.8. The minimum absolute atomic E-state index is 0.162. The third-order valence-electron chi connectivity index (χ3n) is 3.51. The lowest BCUT2D eigenvalue weighted by Crippen LogP contribution is -2.02. The van der Waals surface area contributed by atoms with Crippen LogP contribution in [0.15, 0.2) is 46.9 Å². The standard InChI is InChI=1S/C18H10N2O2/c1-11-17(18(21)12-5-3-2-4-6-12)15-7-13(9-19)14(10-20)8-16(15)22-11/h2-8H,1H3. The summed E-state index contributed by atoms with van der Waals surface area (Å²) < 4.78 is 5.60. The Morgan fingerprint density at radius 1 is 1.05 bits per heavy atom. The predicted octanol–water partition coefficient (Wildman–Crippen LogP) is 3.72. The predicted molar refractivity (Wildman–Crippen MR) is 80.3 cm³/mol. The van der Waals surface area contributed by atoms with Gasteiger partial charge in [0.25, 0.3) is 0 Å². The molecule has 3 rings (SSSR count). The number of furan rings is 1. The number of fused-ring (bicyclic) bond motifs is 1. The van der Waals surface area contributed by atoms with E-state index in [9.17, 15) is 4.79 Å². The van der Waals surface area contributed by atoms with E-state index in [1.165, 1.54) is 6.07 Å². The number of nitrogens with zero attached hydrogens (tertiary/aromatic N) is 2. The molecule has 0 spiro atoms. The van der Waals surface area contributed by atoms with Gasteiger partial charge in [0.15, 0.2) is 5.78 Å². The lowest BCUT2D eigenvalue weighted by Gasteiger charge is -2.00. The number of ketones is 1. The van der Waals surface area contributed by atoms with Crippen LogP contribution < -0.4 is 0 Å². The van der Waals surface area contributed by atoms with Crippen LogP contribution >= 0.6 is 0 Å². The van der Waals surface area contributed by atoms with Crippen molar-refractivity contribution in [2.45, 2.75) is 6.92 Å². The highest BCUT2D eigenvalue weighted by molar-refractivity contribution is 6.17. The van der Waals surface area contributed by atoms with Crippen molar-refractivity contribution in [2.24, 2.45) is 0 Å². The molecule has 22 heavy (non-hydrogen) atoms. The lowest BCUT2D eigenvalue weighted by atomic mass is 9.98. The molecule has 0 amide bonds. The fourth-order valence-corrected chi connectivity index (χ4v) is 2.47. The van der Waals surface area contributed by atoms with Gasteiger partial charge in [0.05, 0.1) is 16.7 Å². The molecule has 0 radical (unpaired) electrons. The number of aryl methyl sites for hydroxylation is 1. The minimum atomic E-state index is -0.162.